The van der Waals surface area contributed by atoms with Gasteiger partial charge >= 0.3 is 5.97 Å². The Balaban J connectivity index is 1.42. The molecule has 0 aliphatic heterocycles. The number of carbonyl (C=O) groups excluding carboxylic acids is 4. The van der Waals surface area contributed by atoms with Gasteiger partial charge in [0, 0.05) is 43.3 Å². The second-order valence-electron chi connectivity index (χ2n) is 12.9. The Morgan fingerprint density at radius 3 is 2.61 bits per heavy atom. The van der Waals surface area contributed by atoms with Crippen LogP contribution in [0.1, 0.15) is 83.1 Å². The highest BCUT2D eigenvalue weighted by Gasteiger charge is 2.62. The molecule has 2 radical (unpaired) electrons. The number of anilines is 1. The van der Waals surface area contributed by atoms with Crippen molar-refractivity contribution in [3.05, 3.63) is 52.6 Å². The smallest absolute Gasteiger partial charge is 0.328 e. The van der Waals surface area contributed by atoms with E-state index in [0.29, 0.717) is 42.6 Å². The third-order valence-corrected chi connectivity index (χ3v) is 10.7. The number of esters is 1. The summed E-state index contributed by atoms with van der Waals surface area (Å²) in [4.78, 5) is 50.2. The molecule has 44 heavy (non-hydrogen) atoms. The van der Waals surface area contributed by atoms with Crippen molar-refractivity contribution in [3.63, 3.8) is 0 Å². The van der Waals surface area contributed by atoms with Crippen LogP contribution in [0.4, 0.5) is 10.5 Å². The van der Waals surface area contributed by atoms with Crippen molar-refractivity contribution in [3.8, 4) is 11.8 Å². The standard InChI is InChI=1S/C35H41BN2O6/c1-5-17-35(43)18-16-28-26-12-8-22-19-24(39)11-13-25(22)31(26)27(20-34(28,35)2)21-6-9-23(10-7-21)38(3)30(40)15-14-29(32(41)44-4)37-33(36)42/h6-10,26-29,43H,11-16,18-20H2,1-4H3,(H,37,42)/t26?,27-,28?,29+,34+,35+/m1/s1. The average Bonchev–Trinajstić information content (AvgIpc) is 3.27. The summed E-state index contributed by atoms with van der Waals surface area (Å²) in [6, 6.07) is 6.98. The van der Waals surface area contributed by atoms with Crippen molar-refractivity contribution in [1.82, 2.24) is 5.32 Å². The van der Waals surface area contributed by atoms with Gasteiger partial charge in [0.05, 0.1) is 7.11 Å². The van der Waals surface area contributed by atoms with Crippen LogP contribution >= 0.6 is 0 Å². The van der Waals surface area contributed by atoms with Crippen LogP contribution in [0.3, 0.4) is 0 Å². The number of hydrogen-bond acceptors (Lipinski definition) is 6. The molecule has 2 N–H and O–H groups in total. The third kappa shape index (κ3) is 5.65. The fourth-order valence-electron chi connectivity index (χ4n) is 8.38. The van der Waals surface area contributed by atoms with Crippen LogP contribution < -0.4 is 10.2 Å². The molecule has 0 spiro atoms. The molecule has 0 bridgehead atoms. The number of allylic oxidation sites excluding steroid dienone is 4. The number of carbonyl (C=O) groups is 4. The summed E-state index contributed by atoms with van der Waals surface area (Å²) in [6.45, 7) is 4.00. The molecule has 4 aliphatic carbocycles. The van der Waals surface area contributed by atoms with E-state index in [1.807, 2.05) is 12.1 Å². The monoisotopic (exact) mass is 596 g/mol. The predicted molar refractivity (Wildman–Crippen MR) is 168 cm³/mol. The summed E-state index contributed by atoms with van der Waals surface area (Å²) in [5.74, 6) is 5.40. The molecule has 0 heterocycles. The third-order valence-electron chi connectivity index (χ3n) is 10.7. The maximum atomic E-state index is 13.1. The Bertz CT molecular complexity index is 1490. The molecule has 8 nitrogen and oxygen atoms in total. The number of rotatable bonds is 7. The number of benzene rings is 1. The summed E-state index contributed by atoms with van der Waals surface area (Å²) < 4.78 is 4.72. The summed E-state index contributed by atoms with van der Waals surface area (Å²) >= 11 is 0. The van der Waals surface area contributed by atoms with Crippen molar-refractivity contribution < 1.29 is 29.0 Å². The number of nitrogens with one attached hydrogen (secondary N) is 1. The first-order valence-corrected chi connectivity index (χ1v) is 15.5. The van der Waals surface area contributed by atoms with Gasteiger partial charge < -0.3 is 20.1 Å². The average molecular weight is 597 g/mol. The van der Waals surface area contributed by atoms with Gasteiger partial charge in [0.2, 0.25) is 13.8 Å². The number of nitrogens with zero attached hydrogens (tertiary/aromatic N) is 1. The first-order chi connectivity index (χ1) is 20.9. The van der Waals surface area contributed by atoms with E-state index in [4.69, 9.17) is 12.6 Å². The first-order valence-electron chi connectivity index (χ1n) is 15.5. The molecule has 3 fully saturated rings. The van der Waals surface area contributed by atoms with Crippen molar-refractivity contribution in [2.45, 2.75) is 89.2 Å². The highest BCUT2D eigenvalue weighted by Crippen LogP contribution is 2.66. The molecule has 6 atom stereocenters. The Hall–Kier alpha value is -3.64. The summed E-state index contributed by atoms with van der Waals surface area (Å²) in [7, 11) is 8.06. The van der Waals surface area contributed by atoms with Crippen LogP contribution in [-0.2, 0) is 19.1 Å². The predicted octanol–water partition coefficient (Wildman–Crippen LogP) is 4.50. The summed E-state index contributed by atoms with van der Waals surface area (Å²) in [6.07, 6.45) is 7.40. The Morgan fingerprint density at radius 1 is 1.23 bits per heavy atom. The maximum absolute atomic E-state index is 13.1. The molecule has 4 aliphatic rings. The molecule has 3 saturated carbocycles. The van der Waals surface area contributed by atoms with E-state index >= 15 is 0 Å². The molecule has 2 amide bonds. The van der Waals surface area contributed by atoms with Gasteiger partial charge in [0.25, 0.3) is 0 Å². The number of Topliss-reactive ketones (excluding diaryl/α,β-unsaturated/α-hetero) is 1. The minimum Gasteiger partial charge on any atom is -0.467 e. The fraction of sp³-hybridized carbons (Fsp3) is 0.543. The first kappa shape index (κ1) is 31.8. The van der Waals surface area contributed by atoms with E-state index in [2.05, 4.69) is 42.3 Å². The van der Waals surface area contributed by atoms with Crippen LogP contribution in [0.2, 0.25) is 0 Å². The minimum absolute atomic E-state index is 0.00344. The molecule has 0 saturated heterocycles. The van der Waals surface area contributed by atoms with E-state index < -0.39 is 23.4 Å². The normalized spacial score (nSPS) is 29.6. The summed E-state index contributed by atoms with van der Waals surface area (Å²) in [5, 5.41) is 14.2. The van der Waals surface area contributed by atoms with E-state index in [1.54, 1.807) is 14.0 Å². The zero-order valence-corrected chi connectivity index (χ0v) is 26.1. The lowest BCUT2D eigenvalue weighted by molar-refractivity contribution is -0.143. The second kappa shape index (κ2) is 12.4. The molecule has 9 heteroatoms. The van der Waals surface area contributed by atoms with E-state index in [-0.39, 0.29) is 30.1 Å². The van der Waals surface area contributed by atoms with Crippen LogP contribution in [-0.4, -0.2) is 62.2 Å². The molecular formula is C35H41BN2O6. The number of methoxy groups -OCH3 is 1. The molecule has 1 aromatic carbocycles. The van der Waals surface area contributed by atoms with Gasteiger partial charge in [-0.05, 0) is 86.1 Å². The van der Waals surface area contributed by atoms with Gasteiger partial charge in [-0.1, -0.05) is 36.6 Å². The number of hydrogen-bond donors (Lipinski definition) is 2. The molecule has 5 rings (SSSR count). The van der Waals surface area contributed by atoms with Crippen LogP contribution in [0.15, 0.2) is 47.1 Å². The lowest BCUT2D eigenvalue weighted by Crippen LogP contribution is -2.50. The van der Waals surface area contributed by atoms with E-state index in [9.17, 15) is 24.3 Å². The number of fused-ring (bicyclic) bond motifs is 4. The van der Waals surface area contributed by atoms with Crippen molar-refractivity contribution in [2.75, 3.05) is 19.1 Å². The fourth-order valence-corrected chi connectivity index (χ4v) is 8.38. The van der Waals surface area contributed by atoms with Crippen molar-refractivity contribution >= 4 is 37.0 Å². The van der Waals surface area contributed by atoms with Crippen LogP contribution in [0, 0.1) is 29.1 Å². The van der Waals surface area contributed by atoms with E-state index in [1.165, 1.54) is 28.7 Å². The highest BCUT2D eigenvalue weighted by molar-refractivity contribution is 6.57. The van der Waals surface area contributed by atoms with Gasteiger partial charge in [-0.3, -0.25) is 14.4 Å². The highest BCUT2D eigenvalue weighted by atomic mass is 16.5. The Kier molecular flexibility index (Phi) is 8.95. The zero-order valence-electron chi connectivity index (χ0n) is 26.1. The van der Waals surface area contributed by atoms with Gasteiger partial charge in [-0.25, -0.2) is 4.79 Å². The molecule has 0 aromatic heterocycles. The number of ether oxygens (including phenoxy) is 1. The SMILES string of the molecule is [B]C(=O)N[C@@H](CCC(=O)N(C)c1ccc([C@H]2C[C@@]3(C)C(CC[C@@]3(O)C#CC)C3CC=C4CC(=O)CCC4=C32)cc1)C(=O)OC. The Labute approximate surface area is 261 Å². The van der Waals surface area contributed by atoms with Gasteiger partial charge in [0.1, 0.15) is 17.4 Å². The Morgan fingerprint density at radius 2 is 1.95 bits per heavy atom. The summed E-state index contributed by atoms with van der Waals surface area (Å²) in [5.41, 5.74) is 4.34. The number of ketones is 1. The van der Waals surface area contributed by atoms with E-state index in [0.717, 1.165) is 31.2 Å². The molecular weight excluding hydrogens is 555 g/mol. The maximum Gasteiger partial charge on any atom is 0.328 e. The van der Waals surface area contributed by atoms with Gasteiger partial charge in [0.15, 0.2) is 5.81 Å². The second-order valence-corrected chi connectivity index (χ2v) is 12.9. The molecule has 1 aromatic rings. The van der Waals surface area contributed by atoms with Gasteiger partial charge in [-0.15, -0.1) is 5.92 Å². The van der Waals surface area contributed by atoms with Crippen molar-refractivity contribution in [2.24, 2.45) is 17.3 Å². The topological polar surface area (TPSA) is 113 Å². The lowest BCUT2D eigenvalue weighted by atomic mass is 9.51. The number of amides is 2. The van der Waals surface area contributed by atoms with Crippen LogP contribution in [0.25, 0.3) is 0 Å². The minimum atomic E-state index is -1.05. The largest absolute Gasteiger partial charge is 0.467 e. The van der Waals surface area contributed by atoms with Crippen LogP contribution in [0.5, 0.6) is 0 Å². The number of aliphatic hydroxyl groups is 1. The van der Waals surface area contributed by atoms with Gasteiger partial charge in [-0.2, -0.15) is 0 Å². The lowest BCUT2D eigenvalue weighted by Gasteiger charge is -2.53. The quantitative estimate of drug-likeness (QED) is 0.272. The van der Waals surface area contributed by atoms with Crippen molar-refractivity contribution in [1.29, 1.82) is 0 Å². The zero-order chi connectivity index (χ0) is 31.8. The molecule has 2 unspecified atom stereocenters. The molecule has 230 valence electrons.